The monoisotopic (exact) mass is 221 g/mol. The van der Waals surface area contributed by atoms with Crippen molar-refractivity contribution in [2.24, 2.45) is 0 Å². The molecule has 0 bridgehead atoms. The molecule has 5 heteroatoms. The Morgan fingerprint density at radius 2 is 1.88 bits per heavy atom. The van der Waals surface area contributed by atoms with Gasteiger partial charge < -0.3 is 4.90 Å². The van der Waals surface area contributed by atoms with E-state index in [4.69, 9.17) is 0 Å². The summed E-state index contributed by atoms with van der Waals surface area (Å²) in [7, 11) is 0. The minimum absolute atomic E-state index is 0.845. The van der Waals surface area contributed by atoms with E-state index in [0.29, 0.717) is 0 Å². The van der Waals surface area contributed by atoms with E-state index in [2.05, 4.69) is 32.2 Å². The third-order valence-corrected chi connectivity index (χ3v) is 2.70. The molecule has 88 valence electrons. The molecule has 0 unspecified atom stereocenters. The molecular formula is C11H19N5. The maximum atomic E-state index is 4.27. The second-order valence-corrected chi connectivity index (χ2v) is 3.93. The lowest BCUT2D eigenvalue weighted by molar-refractivity contribution is 0.176. The summed E-state index contributed by atoms with van der Waals surface area (Å²) in [5, 5.41) is 2.28. The summed E-state index contributed by atoms with van der Waals surface area (Å²) >= 11 is 0. The molecule has 0 aromatic carbocycles. The number of nitrogens with one attached hydrogen (secondary N) is 1. The van der Waals surface area contributed by atoms with Crippen molar-refractivity contribution in [3.05, 3.63) is 18.5 Å². The van der Waals surface area contributed by atoms with Gasteiger partial charge in [0.15, 0.2) is 0 Å². The van der Waals surface area contributed by atoms with Gasteiger partial charge in [0.2, 0.25) is 5.95 Å². The Morgan fingerprint density at radius 1 is 1.19 bits per heavy atom. The van der Waals surface area contributed by atoms with Crippen molar-refractivity contribution in [2.45, 2.75) is 13.3 Å². The molecule has 5 nitrogen and oxygen atoms in total. The molecule has 0 radical (unpaired) electrons. The Bertz CT molecular complexity index is 295. The molecule has 0 atom stereocenters. The highest BCUT2D eigenvalue weighted by Gasteiger charge is 2.17. The third-order valence-electron chi connectivity index (χ3n) is 2.70. The van der Waals surface area contributed by atoms with E-state index in [1.165, 1.54) is 6.42 Å². The van der Waals surface area contributed by atoms with Gasteiger partial charge in [-0.1, -0.05) is 6.92 Å². The normalized spacial score (nSPS) is 17.7. The standard InChI is InChI=1S/C11H19N5/c1-2-4-14-16-9-7-15(8-10-16)11-12-5-3-6-13-11/h3,5-6,14H,2,4,7-10H2,1H3. The zero-order valence-corrected chi connectivity index (χ0v) is 9.76. The van der Waals surface area contributed by atoms with Gasteiger partial charge in [-0.25, -0.2) is 15.0 Å². The van der Waals surface area contributed by atoms with Gasteiger partial charge in [0.25, 0.3) is 0 Å². The van der Waals surface area contributed by atoms with Crippen molar-refractivity contribution < 1.29 is 0 Å². The molecule has 0 saturated carbocycles. The fourth-order valence-corrected chi connectivity index (χ4v) is 1.79. The first kappa shape index (κ1) is 11.3. The quantitative estimate of drug-likeness (QED) is 0.802. The van der Waals surface area contributed by atoms with Crippen LogP contribution in [0.2, 0.25) is 0 Å². The van der Waals surface area contributed by atoms with E-state index in [1.807, 2.05) is 6.07 Å². The predicted molar refractivity (Wildman–Crippen MR) is 64.1 cm³/mol. The fourth-order valence-electron chi connectivity index (χ4n) is 1.79. The Morgan fingerprint density at radius 3 is 2.50 bits per heavy atom. The average Bonchev–Trinajstić information content (AvgIpc) is 2.38. The molecule has 1 aromatic rings. The summed E-state index contributed by atoms with van der Waals surface area (Å²) in [4.78, 5) is 10.8. The zero-order chi connectivity index (χ0) is 11.2. The number of piperazine rings is 1. The number of nitrogens with zero attached hydrogens (tertiary/aromatic N) is 4. The fraction of sp³-hybridized carbons (Fsp3) is 0.636. The van der Waals surface area contributed by atoms with Gasteiger partial charge >= 0.3 is 0 Å². The molecule has 2 rings (SSSR count). The summed E-state index contributed by atoms with van der Waals surface area (Å²) in [6.07, 6.45) is 4.76. The lowest BCUT2D eigenvalue weighted by atomic mass is 10.3. The first-order valence-electron chi connectivity index (χ1n) is 5.90. The number of rotatable bonds is 4. The van der Waals surface area contributed by atoms with Crippen LogP contribution in [-0.4, -0.2) is 47.7 Å². The molecule has 1 saturated heterocycles. The highest BCUT2D eigenvalue weighted by molar-refractivity contribution is 5.28. The van der Waals surface area contributed by atoms with Gasteiger partial charge in [-0.15, -0.1) is 0 Å². The highest BCUT2D eigenvalue weighted by atomic mass is 15.5. The van der Waals surface area contributed by atoms with E-state index in [0.717, 1.165) is 38.7 Å². The molecule has 0 amide bonds. The third kappa shape index (κ3) is 2.90. The van der Waals surface area contributed by atoms with Crippen LogP contribution in [0.1, 0.15) is 13.3 Å². The molecule has 0 spiro atoms. The largest absolute Gasteiger partial charge is 0.338 e. The smallest absolute Gasteiger partial charge is 0.225 e. The lowest BCUT2D eigenvalue weighted by Gasteiger charge is -2.34. The number of hydrogen-bond acceptors (Lipinski definition) is 5. The van der Waals surface area contributed by atoms with E-state index in [9.17, 15) is 0 Å². The lowest BCUT2D eigenvalue weighted by Crippen LogP contribution is -2.52. The SMILES string of the molecule is CCCNN1CCN(c2ncccn2)CC1. The summed E-state index contributed by atoms with van der Waals surface area (Å²) in [5.41, 5.74) is 3.41. The van der Waals surface area contributed by atoms with Crippen LogP contribution in [0.3, 0.4) is 0 Å². The second-order valence-electron chi connectivity index (χ2n) is 3.93. The van der Waals surface area contributed by atoms with Crippen LogP contribution < -0.4 is 10.3 Å². The maximum Gasteiger partial charge on any atom is 0.225 e. The predicted octanol–water partition coefficient (Wildman–Crippen LogP) is 0.513. The second kappa shape index (κ2) is 5.77. The molecule has 1 aliphatic rings. The van der Waals surface area contributed by atoms with E-state index in [1.54, 1.807) is 12.4 Å². The number of hydrogen-bond donors (Lipinski definition) is 1. The zero-order valence-electron chi connectivity index (χ0n) is 9.76. The van der Waals surface area contributed by atoms with Gasteiger partial charge in [-0.05, 0) is 12.5 Å². The van der Waals surface area contributed by atoms with Crippen molar-refractivity contribution in [3.8, 4) is 0 Å². The van der Waals surface area contributed by atoms with Crippen molar-refractivity contribution >= 4 is 5.95 Å². The molecule has 1 aliphatic heterocycles. The molecule has 1 N–H and O–H groups in total. The summed E-state index contributed by atoms with van der Waals surface area (Å²) in [6.45, 7) is 7.26. The van der Waals surface area contributed by atoms with Crippen LogP contribution >= 0.6 is 0 Å². The van der Waals surface area contributed by atoms with Crippen molar-refractivity contribution in [1.82, 2.24) is 20.4 Å². The van der Waals surface area contributed by atoms with E-state index < -0.39 is 0 Å². The van der Waals surface area contributed by atoms with Gasteiger partial charge in [0.1, 0.15) is 0 Å². The Hall–Kier alpha value is -1.20. The van der Waals surface area contributed by atoms with Gasteiger partial charge in [0, 0.05) is 45.1 Å². The average molecular weight is 221 g/mol. The first-order valence-corrected chi connectivity index (χ1v) is 5.90. The van der Waals surface area contributed by atoms with Crippen LogP contribution in [-0.2, 0) is 0 Å². The Labute approximate surface area is 96.5 Å². The van der Waals surface area contributed by atoms with Crippen LogP contribution in [0.4, 0.5) is 5.95 Å². The number of aromatic nitrogens is 2. The Kier molecular flexibility index (Phi) is 4.07. The topological polar surface area (TPSA) is 44.3 Å². The molecular weight excluding hydrogens is 202 g/mol. The minimum atomic E-state index is 0.845. The molecule has 0 aliphatic carbocycles. The summed E-state index contributed by atoms with van der Waals surface area (Å²) in [6, 6.07) is 1.85. The van der Waals surface area contributed by atoms with Crippen molar-refractivity contribution in [2.75, 3.05) is 37.6 Å². The number of hydrazine groups is 1. The van der Waals surface area contributed by atoms with E-state index >= 15 is 0 Å². The van der Waals surface area contributed by atoms with Crippen LogP contribution in [0.15, 0.2) is 18.5 Å². The van der Waals surface area contributed by atoms with Gasteiger partial charge in [-0.2, -0.15) is 0 Å². The van der Waals surface area contributed by atoms with E-state index in [-0.39, 0.29) is 0 Å². The highest BCUT2D eigenvalue weighted by Crippen LogP contribution is 2.08. The minimum Gasteiger partial charge on any atom is -0.338 e. The number of anilines is 1. The first-order chi connectivity index (χ1) is 7.90. The molecule has 1 aromatic heterocycles. The Balaban J connectivity index is 1.81. The van der Waals surface area contributed by atoms with Crippen LogP contribution in [0.25, 0.3) is 0 Å². The summed E-state index contributed by atoms with van der Waals surface area (Å²) < 4.78 is 0. The summed E-state index contributed by atoms with van der Waals surface area (Å²) in [5.74, 6) is 0.845. The van der Waals surface area contributed by atoms with Crippen molar-refractivity contribution in [1.29, 1.82) is 0 Å². The van der Waals surface area contributed by atoms with Crippen LogP contribution in [0, 0.1) is 0 Å². The maximum absolute atomic E-state index is 4.27. The molecule has 2 heterocycles. The molecule has 16 heavy (non-hydrogen) atoms. The molecule has 1 fully saturated rings. The van der Waals surface area contributed by atoms with Crippen molar-refractivity contribution in [3.63, 3.8) is 0 Å². The van der Waals surface area contributed by atoms with Gasteiger partial charge in [0.05, 0.1) is 0 Å². The van der Waals surface area contributed by atoms with Crippen LogP contribution in [0.5, 0.6) is 0 Å². The van der Waals surface area contributed by atoms with Gasteiger partial charge in [-0.3, -0.25) is 5.43 Å².